The maximum atomic E-state index is 14.0. The number of halogens is 4. The number of imidazole rings is 1. The number of hydrogen-bond acceptors (Lipinski definition) is 9. The molecule has 7 rings (SSSR count). The SMILES string of the molecule is CN(C)c1ccc(-c2[nH]nc(C(F)(F)F)c2Cc2cnc(C(=O)Nc3ccc(C(=O)N4CCN(C(=O)C5CC[N+](CC(=O)O)(CC6CNC6)CC5)CC4)c(Cl)c3)[nH]2)nc1. The number of rotatable bonds is 12. The van der Waals surface area contributed by atoms with Crippen LogP contribution in [-0.4, -0.2) is 148 Å². The van der Waals surface area contributed by atoms with Crippen molar-refractivity contribution in [2.24, 2.45) is 11.8 Å². The van der Waals surface area contributed by atoms with Crippen LogP contribution < -0.4 is 15.5 Å². The maximum Gasteiger partial charge on any atom is 0.435 e. The van der Waals surface area contributed by atoms with E-state index in [9.17, 15) is 37.5 Å². The zero-order chi connectivity index (χ0) is 42.1. The zero-order valence-electron chi connectivity index (χ0n) is 32.6. The number of anilines is 2. The summed E-state index contributed by atoms with van der Waals surface area (Å²) in [5.41, 5.74) is 0.534. The van der Waals surface area contributed by atoms with Crippen molar-refractivity contribution in [3.8, 4) is 11.4 Å². The molecule has 6 heterocycles. The number of likely N-dealkylation sites (tertiary alicyclic amines) is 1. The van der Waals surface area contributed by atoms with Gasteiger partial charge < -0.3 is 39.9 Å². The van der Waals surface area contributed by atoms with Crippen LogP contribution in [0.3, 0.4) is 0 Å². The topological polar surface area (TPSA) is 193 Å². The average molecular weight is 841 g/mol. The minimum Gasteiger partial charge on any atom is -0.477 e. The molecular formula is C39H46ClF3N11O5+. The molecular weight excluding hydrogens is 795 g/mol. The molecule has 4 aromatic rings. The summed E-state index contributed by atoms with van der Waals surface area (Å²) in [5.74, 6) is -1.67. The summed E-state index contributed by atoms with van der Waals surface area (Å²) in [6, 6.07) is 7.74. The van der Waals surface area contributed by atoms with E-state index in [1.807, 2.05) is 19.0 Å². The van der Waals surface area contributed by atoms with Gasteiger partial charge in [-0.2, -0.15) is 18.3 Å². The van der Waals surface area contributed by atoms with Crippen LogP contribution in [0.25, 0.3) is 11.4 Å². The number of carbonyl (C=O) groups excluding carboxylic acids is 3. The fraction of sp³-hybridized carbons (Fsp3) is 0.462. The summed E-state index contributed by atoms with van der Waals surface area (Å²) in [5, 5.41) is 21.6. The molecule has 0 spiro atoms. The second-order valence-electron chi connectivity index (χ2n) is 15.7. The van der Waals surface area contributed by atoms with Crippen LogP contribution in [0.15, 0.2) is 42.7 Å². The molecule has 3 aliphatic heterocycles. The number of H-pyrrole nitrogens is 2. The van der Waals surface area contributed by atoms with Crippen molar-refractivity contribution >= 4 is 46.7 Å². The second-order valence-corrected chi connectivity index (χ2v) is 16.1. The monoisotopic (exact) mass is 840 g/mol. The number of alkyl halides is 3. The number of carboxylic acid groups (broad SMARTS) is 1. The summed E-state index contributed by atoms with van der Waals surface area (Å²) < 4.78 is 42.4. The number of aromatic amines is 2. The number of nitrogens with zero attached hydrogens (tertiary/aromatic N) is 7. The van der Waals surface area contributed by atoms with Gasteiger partial charge in [0.05, 0.1) is 53.5 Å². The number of quaternary nitrogens is 1. The Labute approximate surface area is 342 Å². The summed E-state index contributed by atoms with van der Waals surface area (Å²) >= 11 is 6.54. The normalized spacial score (nSPS) is 19.9. The van der Waals surface area contributed by atoms with E-state index in [2.05, 4.69) is 35.8 Å². The van der Waals surface area contributed by atoms with Crippen LogP contribution in [0.1, 0.15) is 50.8 Å². The van der Waals surface area contributed by atoms with Crippen molar-refractivity contribution in [3.63, 3.8) is 0 Å². The van der Waals surface area contributed by atoms with Gasteiger partial charge in [-0.3, -0.25) is 24.5 Å². The van der Waals surface area contributed by atoms with Crippen LogP contribution in [-0.2, 0) is 22.2 Å². The van der Waals surface area contributed by atoms with Crippen molar-refractivity contribution in [1.29, 1.82) is 0 Å². The highest BCUT2D eigenvalue weighted by Crippen LogP contribution is 2.36. The Kier molecular flexibility index (Phi) is 12.0. The van der Waals surface area contributed by atoms with E-state index in [1.165, 1.54) is 30.6 Å². The number of nitrogens with one attached hydrogen (secondary N) is 4. The molecule has 16 nitrogen and oxygen atoms in total. The van der Waals surface area contributed by atoms with Gasteiger partial charge in [0, 0.05) is 108 Å². The second kappa shape index (κ2) is 17.0. The molecule has 0 unspecified atom stereocenters. The minimum atomic E-state index is -4.75. The van der Waals surface area contributed by atoms with Gasteiger partial charge in [0.15, 0.2) is 18.1 Å². The molecule has 3 aliphatic rings. The molecule has 59 heavy (non-hydrogen) atoms. The van der Waals surface area contributed by atoms with Crippen LogP contribution in [0.2, 0.25) is 5.02 Å². The quantitative estimate of drug-likeness (QED) is 0.132. The Morgan fingerprint density at radius 3 is 2.31 bits per heavy atom. The smallest absolute Gasteiger partial charge is 0.435 e. The first kappa shape index (κ1) is 41.6. The van der Waals surface area contributed by atoms with Crippen LogP contribution in [0, 0.1) is 11.8 Å². The first-order valence-electron chi connectivity index (χ1n) is 19.4. The summed E-state index contributed by atoms with van der Waals surface area (Å²) in [4.78, 5) is 68.2. The summed E-state index contributed by atoms with van der Waals surface area (Å²) in [6.07, 6.45) is -0.967. The number of aliphatic carboxylic acids is 1. The first-order chi connectivity index (χ1) is 28.1. The maximum absolute atomic E-state index is 14.0. The molecule has 20 heteroatoms. The highest BCUT2D eigenvalue weighted by atomic mass is 35.5. The number of carbonyl (C=O) groups is 4. The van der Waals surface area contributed by atoms with Gasteiger partial charge in [-0.25, -0.2) is 9.78 Å². The van der Waals surface area contributed by atoms with Gasteiger partial charge in [-0.05, 0) is 30.3 Å². The molecule has 1 aromatic carbocycles. The average Bonchev–Trinajstić information content (AvgIpc) is 3.84. The van der Waals surface area contributed by atoms with E-state index in [1.54, 1.807) is 21.9 Å². The number of carboxylic acids is 1. The molecule has 0 aliphatic carbocycles. The van der Waals surface area contributed by atoms with Crippen LogP contribution in [0.4, 0.5) is 24.5 Å². The van der Waals surface area contributed by atoms with Crippen molar-refractivity contribution in [1.82, 2.24) is 40.3 Å². The third kappa shape index (κ3) is 9.36. The van der Waals surface area contributed by atoms with Gasteiger partial charge >= 0.3 is 12.1 Å². The van der Waals surface area contributed by atoms with Gasteiger partial charge in [-0.1, -0.05) is 11.6 Å². The van der Waals surface area contributed by atoms with E-state index < -0.39 is 23.7 Å². The Morgan fingerprint density at radius 1 is 1.00 bits per heavy atom. The lowest BCUT2D eigenvalue weighted by molar-refractivity contribution is -0.929. The van der Waals surface area contributed by atoms with E-state index in [0.29, 0.717) is 62.5 Å². The van der Waals surface area contributed by atoms with Crippen molar-refractivity contribution in [3.05, 3.63) is 76.1 Å². The molecule has 3 saturated heterocycles. The first-order valence-corrected chi connectivity index (χ1v) is 19.8. The van der Waals surface area contributed by atoms with Crippen LogP contribution >= 0.6 is 11.6 Å². The molecule has 314 valence electrons. The van der Waals surface area contributed by atoms with Crippen LogP contribution in [0.5, 0.6) is 0 Å². The highest BCUT2D eigenvalue weighted by Gasteiger charge is 2.42. The lowest BCUT2D eigenvalue weighted by Crippen LogP contribution is -2.62. The summed E-state index contributed by atoms with van der Waals surface area (Å²) in [6.45, 7) is 5.32. The van der Waals surface area contributed by atoms with E-state index in [-0.39, 0.29) is 75.4 Å². The van der Waals surface area contributed by atoms with Crippen molar-refractivity contribution in [2.75, 3.05) is 89.8 Å². The molecule has 3 fully saturated rings. The third-order valence-electron chi connectivity index (χ3n) is 11.4. The number of hydrogen-bond donors (Lipinski definition) is 5. The molecule has 5 N–H and O–H groups in total. The Bertz CT molecular complexity index is 2190. The van der Waals surface area contributed by atoms with E-state index >= 15 is 0 Å². The van der Waals surface area contributed by atoms with Gasteiger partial charge in [0.2, 0.25) is 5.91 Å². The standard InChI is InChI=1S/C39H45ClF3N11O5/c1-51(2)27-4-6-31(45-20-27)33-29(34(50-49-33)39(41,42)43)15-26-19-46-35(47-26)36(57)48-25-3-5-28(30(40)16-25)38(59)53-11-9-52(10-12-53)37(58)24-7-13-54(14-8-24,22-32(55)56)21-23-17-44-18-23/h3-6,16,19-20,23-24,44H,7-15,17-18,21-22H2,1-2H3,(H3-,45,46,47,48,49,50,55,56,57,59)/p+1. The number of piperazine rings is 1. The molecule has 0 saturated carbocycles. The predicted octanol–water partition coefficient (Wildman–Crippen LogP) is 3.59. The van der Waals surface area contributed by atoms with E-state index in [0.717, 1.165) is 25.3 Å². The Morgan fingerprint density at radius 2 is 1.71 bits per heavy atom. The van der Waals surface area contributed by atoms with E-state index in [4.69, 9.17) is 11.6 Å². The van der Waals surface area contributed by atoms with Crippen molar-refractivity contribution in [2.45, 2.75) is 25.4 Å². The number of pyridine rings is 1. The number of amides is 3. The highest BCUT2D eigenvalue weighted by molar-refractivity contribution is 6.34. The largest absolute Gasteiger partial charge is 0.477 e. The number of aromatic nitrogens is 5. The minimum absolute atomic E-state index is 0.0397. The lowest BCUT2D eigenvalue weighted by atomic mass is 9.90. The fourth-order valence-electron chi connectivity index (χ4n) is 8.13. The predicted molar refractivity (Wildman–Crippen MR) is 211 cm³/mol. The Balaban J connectivity index is 0.930. The third-order valence-corrected chi connectivity index (χ3v) is 11.8. The number of benzene rings is 1. The molecule has 0 radical (unpaired) electrons. The molecule has 3 amide bonds. The number of piperidine rings is 1. The fourth-order valence-corrected chi connectivity index (χ4v) is 8.39. The molecule has 3 aromatic heterocycles. The summed E-state index contributed by atoms with van der Waals surface area (Å²) in [7, 11) is 3.63. The zero-order valence-corrected chi connectivity index (χ0v) is 33.4. The Hall–Kier alpha value is -5.53. The molecule has 0 bridgehead atoms. The van der Waals surface area contributed by atoms with Gasteiger partial charge in [0.25, 0.3) is 11.8 Å². The van der Waals surface area contributed by atoms with Gasteiger partial charge in [0.1, 0.15) is 0 Å². The molecule has 0 atom stereocenters. The van der Waals surface area contributed by atoms with Crippen molar-refractivity contribution < 1.29 is 41.9 Å². The lowest BCUT2D eigenvalue weighted by Gasteiger charge is -2.46. The van der Waals surface area contributed by atoms with Gasteiger partial charge in [-0.15, -0.1) is 0 Å².